The minimum absolute atomic E-state index is 0.238. The highest BCUT2D eigenvalue weighted by Crippen LogP contribution is 2.26. The Morgan fingerprint density at radius 1 is 1.37 bits per heavy atom. The third kappa shape index (κ3) is 2.85. The van der Waals surface area contributed by atoms with Gasteiger partial charge in [0.2, 0.25) is 0 Å². The molecular weight excluding hydrogens is 308 g/mol. The molecular formula is C13H13BrN4O. The first-order chi connectivity index (χ1) is 9.13. The highest BCUT2D eigenvalue weighted by atomic mass is 79.9. The van der Waals surface area contributed by atoms with Crippen molar-refractivity contribution in [3.05, 3.63) is 52.6 Å². The van der Waals surface area contributed by atoms with E-state index in [9.17, 15) is 4.79 Å². The summed E-state index contributed by atoms with van der Waals surface area (Å²) in [7, 11) is 1.56. The lowest BCUT2D eigenvalue weighted by molar-refractivity contribution is 0.0957. The Labute approximate surface area is 119 Å². The molecule has 5 nitrogen and oxygen atoms in total. The molecule has 1 heterocycles. The number of carbonyl (C=O) groups is 1. The van der Waals surface area contributed by atoms with E-state index >= 15 is 0 Å². The van der Waals surface area contributed by atoms with E-state index in [4.69, 9.17) is 0 Å². The van der Waals surface area contributed by atoms with Gasteiger partial charge in [0.15, 0.2) is 5.82 Å². The van der Waals surface area contributed by atoms with Gasteiger partial charge in [0.25, 0.3) is 5.91 Å². The number of aromatic amines is 1. The Morgan fingerprint density at radius 3 is 2.68 bits per heavy atom. The van der Waals surface area contributed by atoms with Gasteiger partial charge in [0, 0.05) is 12.7 Å². The van der Waals surface area contributed by atoms with Crippen LogP contribution in [0.4, 0.5) is 5.82 Å². The molecule has 0 fully saturated rings. The number of amides is 1. The van der Waals surface area contributed by atoms with Crippen molar-refractivity contribution in [2.45, 2.75) is 0 Å². The number of nitrogens with one attached hydrogen (secondary N) is 3. The number of H-pyrrole nitrogens is 1. The second-order valence-corrected chi connectivity index (χ2v) is 4.60. The molecule has 0 bridgehead atoms. The van der Waals surface area contributed by atoms with Crippen LogP contribution in [0, 0.1) is 0 Å². The van der Waals surface area contributed by atoms with Gasteiger partial charge in [-0.05, 0) is 21.5 Å². The summed E-state index contributed by atoms with van der Waals surface area (Å²) in [6, 6.07) is 9.67. The molecule has 98 valence electrons. The number of nitrogens with zero attached hydrogens (tertiary/aromatic N) is 1. The molecule has 2 rings (SSSR count). The molecule has 2 aromatic rings. The number of benzene rings is 1. The zero-order chi connectivity index (χ0) is 13.8. The van der Waals surface area contributed by atoms with Gasteiger partial charge >= 0.3 is 0 Å². The highest BCUT2D eigenvalue weighted by Gasteiger charge is 2.16. The molecule has 6 heteroatoms. The number of anilines is 1. The van der Waals surface area contributed by atoms with Crippen LogP contribution in [0.25, 0.3) is 5.70 Å². The number of aromatic nitrogens is 2. The number of rotatable bonds is 4. The summed E-state index contributed by atoms with van der Waals surface area (Å²) in [4.78, 5) is 11.5. The first-order valence-corrected chi connectivity index (χ1v) is 6.40. The lowest BCUT2D eigenvalue weighted by atomic mass is 10.2. The van der Waals surface area contributed by atoms with Gasteiger partial charge in [-0.2, -0.15) is 5.10 Å². The molecule has 0 radical (unpaired) electrons. The van der Waals surface area contributed by atoms with Crippen molar-refractivity contribution in [3.8, 4) is 0 Å². The largest absolute Gasteiger partial charge is 0.354 e. The quantitative estimate of drug-likeness (QED) is 0.811. The Hall–Kier alpha value is -2.08. The van der Waals surface area contributed by atoms with E-state index in [0.29, 0.717) is 21.7 Å². The van der Waals surface area contributed by atoms with Crippen molar-refractivity contribution >= 4 is 33.4 Å². The Balaban J connectivity index is 2.19. The highest BCUT2D eigenvalue weighted by molar-refractivity contribution is 9.10. The van der Waals surface area contributed by atoms with Crippen molar-refractivity contribution in [1.29, 1.82) is 0 Å². The molecule has 0 aliphatic carbocycles. The monoisotopic (exact) mass is 320 g/mol. The minimum atomic E-state index is -0.238. The summed E-state index contributed by atoms with van der Waals surface area (Å²) in [6.07, 6.45) is 0. The van der Waals surface area contributed by atoms with E-state index < -0.39 is 0 Å². The fourth-order valence-corrected chi connectivity index (χ4v) is 2.00. The van der Waals surface area contributed by atoms with Crippen molar-refractivity contribution < 1.29 is 4.79 Å². The lowest BCUT2D eigenvalue weighted by Crippen LogP contribution is -2.18. The molecule has 0 atom stereocenters. The molecule has 0 saturated heterocycles. The smallest absolute Gasteiger partial charge is 0.270 e. The summed E-state index contributed by atoms with van der Waals surface area (Å²) < 4.78 is 0.573. The van der Waals surface area contributed by atoms with Crippen LogP contribution in [0.3, 0.4) is 0 Å². The van der Waals surface area contributed by atoms with Crippen LogP contribution in [0.15, 0.2) is 41.4 Å². The molecule has 0 aliphatic rings. The SMILES string of the molecule is C=C(Nc1n[nH]c(C(=O)NC)c1Br)c1ccccc1. The third-order valence-corrected chi connectivity index (χ3v) is 3.32. The predicted octanol–water partition coefficient (Wildman–Crippen LogP) is 2.61. The van der Waals surface area contributed by atoms with Gasteiger partial charge < -0.3 is 10.6 Å². The predicted molar refractivity (Wildman–Crippen MR) is 78.8 cm³/mol. The topological polar surface area (TPSA) is 69.8 Å². The van der Waals surface area contributed by atoms with E-state index in [1.54, 1.807) is 7.05 Å². The van der Waals surface area contributed by atoms with Crippen molar-refractivity contribution in [3.63, 3.8) is 0 Å². The number of carbonyl (C=O) groups excluding carboxylic acids is 1. The maximum atomic E-state index is 11.5. The van der Waals surface area contributed by atoms with Crippen LogP contribution in [0.5, 0.6) is 0 Å². The molecule has 1 aromatic carbocycles. The van der Waals surface area contributed by atoms with Gasteiger partial charge in [0.05, 0.1) is 4.47 Å². The van der Waals surface area contributed by atoms with Crippen LogP contribution in [-0.4, -0.2) is 23.2 Å². The Morgan fingerprint density at radius 2 is 2.05 bits per heavy atom. The first kappa shape index (κ1) is 13.4. The van der Waals surface area contributed by atoms with Crippen LogP contribution in [-0.2, 0) is 0 Å². The summed E-state index contributed by atoms with van der Waals surface area (Å²) in [6.45, 7) is 3.95. The van der Waals surface area contributed by atoms with Crippen LogP contribution in [0.2, 0.25) is 0 Å². The number of halogens is 1. The van der Waals surface area contributed by atoms with Gasteiger partial charge in [-0.25, -0.2) is 0 Å². The van der Waals surface area contributed by atoms with E-state index in [1.807, 2.05) is 30.3 Å². The van der Waals surface area contributed by atoms with E-state index in [1.165, 1.54) is 0 Å². The zero-order valence-electron chi connectivity index (χ0n) is 10.3. The maximum Gasteiger partial charge on any atom is 0.270 e. The lowest BCUT2D eigenvalue weighted by Gasteiger charge is -2.07. The molecule has 0 aliphatic heterocycles. The molecule has 3 N–H and O–H groups in total. The Kier molecular flexibility index (Phi) is 4.01. The summed E-state index contributed by atoms with van der Waals surface area (Å²) in [5, 5.41) is 12.3. The second-order valence-electron chi connectivity index (χ2n) is 3.81. The number of hydrogen-bond acceptors (Lipinski definition) is 3. The first-order valence-electron chi connectivity index (χ1n) is 5.60. The van der Waals surface area contributed by atoms with Crippen molar-refractivity contribution in [1.82, 2.24) is 15.5 Å². The zero-order valence-corrected chi connectivity index (χ0v) is 11.9. The fourth-order valence-electron chi connectivity index (χ4n) is 1.54. The van der Waals surface area contributed by atoms with Crippen molar-refractivity contribution in [2.24, 2.45) is 0 Å². The van der Waals surface area contributed by atoms with E-state index in [0.717, 1.165) is 5.56 Å². The second kappa shape index (κ2) is 5.71. The molecule has 0 unspecified atom stereocenters. The van der Waals surface area contributed by atoms with Crippen molar-refractivity contribution in [2.75, 3.05) is 12.4 Å². The van der Waals surface area contributed by atoms with Gasteiger partial charge in [0.1, 0.15) is 5.69 Å². The minimum Gasteiger partial charge on any atom is -0.354 e. The Bertz CT molecular complexity index is 606. The van der Waals surface area contributed by atoms with Crippen LogP contribution < -0.4 is 10.6 Å². The summed E-state index contributed by atoms with van der Waals surface area (Å²) >= 11 is 3.34. The van der Waals surface area contributed by atoms with E-state index in [-0.39, 0.29) is 5.91 Å². The molecule has 0 saturated carbocycles. The number of hydrogen-bond donors (Lipinski definition) is 3. The van der Waals surface area contributed by atoms with E-state index in [2.05, 4.69) is 43.3 Å². The maximum absolute atomic E-state index is 11.5. The molecule has 1 aromatic heterocycles. The summed E-state index contributed by atoms with van der Waals surface area (Å²) in [5.74, 6) is 0.283. The van der Waals surface area contributed by atoms with Gasteiger partial charge in [-0.1, -0.05) is 36.9 Å². The molecule has 1 amide bonds. The summed E-state index contributed by atoms with van der Waals surface area (Å²) in [5.41, 5.74) is 2.03. The fraction of sp³-hybridized carbons (Fsp3) is 0.0769. The molecule has 0 spiro atoms. The average Bonchev–Trinajstić information content (AvgIpc) is 2.80. The standard InChI is InChI=1S/C13H13BrN4O/c1-8(9-6-4-3-5-7-9)16-12-10(14)11(17-18-12)13(19)15-2/h3-7H,1H2,2H3,(H,15,19)(H2,16,17,18). The normalized spacial score (nSPS) is 10.0. The average molecular weight is 321 g/mol. The van der Waals surface area contributed by atoms with Gasteiger partial charge in [-0.15, -0.1) is 0 Å². The van der Waals surface area contributed by atoms with Crippen LogP contribution in [0.1, 0.15) is 16.1 Å². The van der Waals surface area contributed by atoms with Crippen LogP contribution >= 0.6 is 15.9 Å². The van der Waals surface area contributed by atoms with Gasteiger partial charge in [-0.3, -0.25) is 9.89 Å². The molecule has 19 heavy (non-hydrogen) atoms. The third-order valence-electron chi connectivity index (χ3n) is 2.55.